The van der Waals surface area contributed by atoms with Crippen LogP contribution in [0.1, 0.15) is 61.8 Å². The van der Waals surface area contributed by atoms with Gasteiger partial charge in [0.25, 0.3) is 0 Å². The highest BCUT2D eigenvalue weighted by molar-refractivity contribution is 7.09. The summed E-state index contributed by atoms with van der Waals surface area (Å²) in [5.41, 5.74) is 0.641. The van der Waals surface area contributed by atoms with Crippen molar-refractivity contribution in [3.05, 3.63) is 58.0 Å². The van der Waals surface area contributed by atoms with E-state index in [0.717, 1.165) is 49.3 Å². The van der Waals surface area contributed by atoms with Crippen LogP contribution in [-0.4, -0.2) is 59.2 Å². The van der Waals surface area contributed by atoms with Crippen LogP contribution in [0.15, 0.2) is 41.8 Å². The monoisotopic (exact) mass is 537 g/mol. The second-order valence-electron chi connectivity index (χ2n) is 12.4. The van der Waals surface area contributed by atoms with Crippen molar-refractivity contribution in [1.29, 1.82) is 0 Å². The van der Waals surface area contributed by atoms with Crippen LogP contribution in [0, 0.1) is 29.0 Å². The molecule has 1 saturated heterocycles. The molecule has 0 radical (unpaired) electrons. The number of carbonyl (C=O) groups is 2. The number of carbonyl (C=O) groups excluding carboxylic acids is 2. The second-order valence-corrected chi connectivity index (χ2v) is 13.5. The Morgan fingerprint density at radius 3 is 2.18 bits per heavy atom. The number of likely N-dealkylation sites (tertiary alicyclic amines) is 1. The number of thiophene rings is 1. The van der Waals surface area contributed by atoms with Crippen LogP contribution in [0.4, 0.5) is 4.39 Å². The fourth-order valence-corrected chi connectivity index (χ4v) is 8.84. The summed E-state index contributed by atoms with van der Waals surface area (Å²) in [7, 11) is 0. The minimum absolute atomic E-state index is 0.0257. The lowest BCUT2D eigenvalue weighted by Gasteiger charge is -2.56. The lowest BCUT2D eigenvalue weighted by Crippen LogP contribution is -2.56. The molecule has 1 aromatic heterocycles. The van der Waals surface area contributed by atoms with Gasteiger partial charge in [0, 0.05) is 24.5 Å². The Labute approximate surface area is 230 Å². The molecule has 2 amide bonds. The minimum Gasteiger partial charge on any atom is -0.332 e. The van der Waals surface area contributed by atoms with Gasteiger partial charge in [-0.1, -0.05) is 18.2 Å². The molecule has 0 N–H and O–H groups in total. The van der Waals surface area contributed by atoms with E-state index in [1.54, 1.807) is 23.5 Å². The summed E-state index contributed by atoms with van der Waals surface area (Å²) in [6, 6.07) is 10.4. The molecule has 0 spiro atoms. The molecule has 1 aliphatic heterocycles. The van der Waals surface area contributed by atoms with Crippen molar-refractivity contribution in [2.75, 3.05) is 32.7 Å². The smallest absolute Gasteiger partial charge is 0.242 e. The summed E-state index contributed by atoms with van der Waals surface area (Å²) >= 11 is 1.63. The van der Waals surface area contributed by atoms with Gasteiger partial charge in [0.05, 0.1) is 18.5 Å². The Kier molecular flexibility index (Phi) is 7.59. The zero-order valence-corrected chi connectivity index (χ0v) is 23.1. The van der Waals surface area contributed by atoms with Gasteiger partial charge in [0.1, 0.15) is 5.82 Å². The molecule has 5 fully saturated rings. The zero-order chi connectivity index (χ0) is 26.1. The third-order valence-corrected chi connectivity index (χ3v) is 10.4. The summed E-state index contributed by atoms with van der Waals surface area (Å²) in [4.78, 5) is 35.6. The van der Waals surface area contributed by atoms with E-state index in [-0.39, 0.29) is 29.6 Å². The van der Waals surface area contributed by atoms with E-state index in [1.807, 2.05) is 27.3 Å². The maximum Gasteiger partial charge on any atom is 0.242 e. The third-order valence-electron chi connectivity index (χ3n) is 9.56. The molecule has 4 saturated carbocycles. The van der Waals surface area contributed by atoms with Crippen molar-refractivity contribution in [2.24, 2.45) is 23.2 Å². The normalized spacial score (nSPS) is 28.1. The number of hydrogen-bond donors (Lipinski definition) is 0. The molecule has 7 rings (SSSR count). The Morgan fingerprint density at radius 1 is 0.921 bits per heavy atom. The van der Waals surface area contributed by atoms with Crippen LogP contribution in [0.5, 0.6) is 0 Å². The fraction of sp³-hybridized carbons (Fsp3) is 0.613. The molecular weight excluding hydrogens is 497 g/mol. The molecule has 0 atom stereocenters. The molecule has 4 bridgehead atoms. The number of halogens is 1. The van der Waals surface area contributed by atoms with Crippen LogP contribution >= 0.6 is 11.3 Å². The average molecular weight is 538 g/mol. The maximum absolute atomic E-state index is 14.4. The SMILES string of the molecule is O=C(CN(CCN1CCCC1)C(=O)C12CC3CC(CC(C3)C1)C2)N(Cc1ccc(F)cc1)Cc1cccs1. The van der Waals surface area contributed by atoms with Gasteiger partial charge in [-0.2, -0.15) is 0 Å². The molecule has 5 nitrogen and oxygen atoms in total. The largest absolute Gasteiger partial charge is 0.332 e. The second kappa shape index (κ2) is 11.1. The van der Waals surface area contributed by atoms with Crippen molar-refractivity contribution >= 4 is 23.2 Å². The first-order valence-electron chi connectivity index (χ1n) is 14.5. The standard InChI is InChI=1S/C31H40FN3O2S/c32-27-7-5-23(6-8-27)20-35(21-28-4-3-13-38-28)29(36)22-34(12-11-33-9-1-2-10-33)30(37)31-17-24-14-25(18-31)16-26(15-24)19-31/h3-8,13,24-26H,1-2,9-12,14-22H2. The molecule has 38 heavy (non-hydrogen) atoms. The predicted molar refractivity (Wildman–Crippen MR) is 148 cm³/mol. The van der Waals surface area contributed by atoms with E-state index in [1.165, 1.54) is 44.2 Å². The molecule has 1 aromatic carbocycles. The number of rotatable bonds is 10. The van der Waals surface area contributed by atoms with E-state index in [4.69, 9.17) is 0 Å². The minimum atomic E-state index is -0.279. The summed E-state index contributed by atoms with van der Waals surface area (Å²) in [5, 5.41) is 2.02. The number of benzene rings is 1. The van der Waals surface area contributed by atoms with Crippen molar-refractivity contribution in [3.8, 4) is 0 Å². The summed E-state index contributed by atoms with van der Waals surface area (Å²) in [6.45, 7) is 4.66. The number of amides is 2. The van der Waals surface area contributed by atoms with Crippen molar-refractivity contribution in [3.63, 3.8) is 0 Å². The van der Waals surface area contributed by atoms with E-state index >= 15 is 0 Å². The van der Waals surface area contributed by atoms with Gasteiger partial charge < -0.3 is 14.7 Å². The Bertz CT molecular complexity index is 1080. The first-order valence-corrected chi connectivity index (χ1v) is 15.4. The summed E-state index contributed by atoms with van der Waals surface area (Å²) < 4.78 is 13.5. The molecule has 2 heterocycles. The van der Waals surface area contributed by atoms with Gasteiger partial charge >= 0.3 is 0 Å². The molecule has 2 aromatic rings. The van der Waals surface area contributed by atoms with Crippen LogP contribution in [0.3, 0.4) is 0 Å². The van der Waals surface area contributed by atoms with Gasteiger partial charge in [-0.05, 0) is 111 Å². The van der Waals surface area contributed by atoms with Crippen LogP contribution < -0.4 is 0 Å². The van der Waals surface area contributed by atoms with Gasteiger partial charge in [0.15, 0.2) is 0 Å². The first kappa shape index (κ1) is 26.0. The van der Waals surface area contributed by atoms with Crippen LogP contribution in [0.25, 0.3) is 0 Å². The highest BCUT2D eigenvalue weighted by Crippen LogP contribution is 2.60. The summed E-state index contributed by atoms with van der Waals surface area (Å²) in [5.74, 6) is 2.00. The molecular formula is C31H40FN3O2S. The van der Waals surface area contributed by atoms with Crippen LogP contribution in [-0.2, 0) is 22.7 Å². The number of hydrogen-bond acceptors (Lipinski definition) is 4. The average Bonchev–Trinajstić information content (AvgIpc) is 3.61. The van der Waals surface area contributed by atoms with Gasteiger partial charge in [-0.15, -0.1) is 11.3 Å². The Morgan fingerprint density at radius 2 is 1.58 bits per heavy atom. The van der Waals surface area contributed by atoms with Gasteiger partial charge in [0.2, 0.25) is 11.8 Å². The van der Waals surface area contributed by atoms with Crippen molar-refractivity contribution in [1.82, 2.24) is 14.7 Å². The van der Waals surface area contributed by atoms with E-state index in [0.29, 0.717) is 37.4 Å². The zero-order valence-electron chi connectivity index (χ0n) is 22.3. The molecule has 204 valence electrons. The summed E-state index contributed by atoms with van der Waals surface area (Å²) in [6.07, 6.45) is 9.37. The number of nitrogens with zero attached hydrogens (tertiary/aromatic N) is 3. The van der Waals surface area contributed by atoms with Crippen LogP contribution in [0.2, 0.25) is 0 Å². The van der Waals surface area contributed by atoms with E-state index < -0.39 is 0 Å². The fourth-order valence-electron chi connectivity index (χ4n) is 8.13. The van der Waals surface area contributed by atoms with Crippen molar-refractivity contribution in [2.45, 2.75) is 64.5 Å². The molecule has 7 heteroatoms. The molecule has 4 aliphatic carbocycles. The maximum atomic E-state index is 14.4. The third kappa shape index (κ3) is 5.69. The van der Waals surface area contributed by atoms with Crippen molar-refractivity contribution < 1.29 is 14.0 Å². The lowest BCUT2D eigenvalue weighted by molar-refractivity contribution is -0.160. The Hall–Kier alpha value is -2.25. The highest BCUT2D eigenvalue weighted by Gasteiger charge is 2.55. The van der Waals surface area contributed by atoms with Gasteiger partial charge in [-0.25, -0.2) is 4.39 Å². The predicted octanol–water partition coefficient (Wildman–Crippen LogP) is 5.56. The van der Waals surface area contributed by atoms with E-state index in [9.17, 15) is 14.0 Å². The quantitative estimate of drug-likeness (QED) is 0.399. The highest BCUT2D eigenvalue weighted by atomic mass is 32.1. The topological polar surface area (TPSA) is 43.9 Å². The first-order chi connectivity index (χ1) is 18.5. The molecule has 5 aliphatic rings. The molecule has 0 unspecified atom stereocenters. The van der Waals surface area contributed by atoms with E-state index in [2.05, 4.69) is 4.90 Å². The van der Waals surface area contributed by atoms with Gasteiger partial charge in [-0.3, -0.25) is 9.59 Å². The Balaban J connectivity index is 1.21. The lowest BCUT2D eigenvalue weighted by atomic mass is 9.49.